The van der Waals surface area contributed by atoms with Crippen molar-refractivity contribution in [3.63, 3.8) is 0 Å². The van der Waals surface area contributed by atoms with Crippen LogP contribution in [0.4, 0.5) is 0 Å². The number of likely N-dealkylation sites (tertiary alicyclic amines) is 1. The summed E-state index contributed by atoms with van der Waals surface area (Å²) in [7, 11) is 0. The molecule has 0 aromatic heterocycles. The molecule has 0 spiro atoms. The van der Waals surface area contributed by atoms with Crippen molar-refractivity contribution in [2.75, 3.05) is 13.2 Å². The number of amides is 1. The molecule has 7 heteroatoms. The summed E-state index contributed by atoms with van der Waals surface area (Å²) < 4.78 is 5.12. The molecule has 4 atom stereocenters. The first-order chi connectivity index (χ1) is 13.5. The van der Waals surface area contributed by atoms with Crippen LogP contribution in [0.3, 0.4) is 0 Å². The number of rotatable bonds is 7. The van der Waals surface area contributed by atoms with E-state index in [1.807, 2.05) is 34.6 Å². The Balaban J connectivity index is 0.00000133. The van der Waals surface area contributed by atoms with Crippen LogP contribution in [0.15, 0.2) is 0 Å². The molecule has 1 saturated carbocycles. The molecule has 1 aliphatic carbocycles. The Labute approximate surface area is 170 Å². The lowest BCUT2D eigenvalue weighted by Gasteiger charge is -2.34. The summed E-state index contributed by atoms with van der Waals surface area (Å²) in [6.45, 7) is 10.7. The standard InChI is InChI=1S/C18H32N2O3.C2H6.CH2O2/c1-4-8-15(18(22)23-5-2)19-13(3)17(21)20-12-11-14-9-6-7-10-16(14)20;1-2;2-1-3/h13-16,19H,4-12H2,1-3H3;1-2H3;1H,(H,2,3)/t13-,14?,15?,16?;;/m0../s1. The van der Waals surface area contributed by atoms with E-state index in [9.17, 15) is 9.59 Å². The van der Waals surface area contributed by atoms with Crippen molar-refractivity contribution in [2.45, 2.75) is 97.7 Å². The van der Waals surface area contributed by atoms with E-state index in [1.165, 1.54) is 19.3 Å². The zero-order valence-corrected chi connectivity index (χ0v) is 18.3. The molecule has 3 unspecified atom stereocenters. The van der Waals surface area contributed by atoms with Gasteiger partial charge >= 0.3 is 5.97 Å². The van der Waals surface area contributed by atoms with E-state index >= 15 is 0 Å². The summed E-state index contributed by atoms with van der Waals surface area (Å²) in [5, 5.41) is 10.1. The Morgan fingerprint density at radius 2 is 1.82 bits per heavy atom. The molecule has 7 nitrogen and oxygen atoms in total. The fraction of sp³-hybridized carbons (Fsp3) is 0.857. The van der Waals surface area contributed by atoms with Crippen molar-refractivity contribution >= 4 is 18.3 Å². The maximum Gasteiger partial charge on any atom is 0.323 e. The quantitative estimate of drug-likeness (QED) is 0.503. The van der Waals surface area contributed by atoms with Crippen LogP contribution in [-0.2, 0) is 19.1 Å². The molecule has 2 rings (SSSR count). The zero-order valence-electron chi connectivity index (χ0n) is 18.3. The molecule has 0 aromatic rings. The maximum absolute atomic E-state index is 12.8. The monoisotopic (exact) mass is 400 g/mol. The van der Waals surface area contributed by atoms with Crippen LogP contribution in [0.2, 0.25) is 0 Å². The van der Waals surface area contributed by atoms with Crippen molar-refractivity contribution in [3.8, 4) is 0 Å². The normalized spacial score (nSPS) is 22.4. The highest BCUT2D eigenvalue weighted by Crippen LogP contribution is 2.36. The van der Waals surface area contributed by atoms with Gasteiger partial charge in [-0.1, -0.05) is 40.0 Å². The fourth-order valence-electron chi connectivity index (χ4n) is 4.10. The van der Waals surface area contributed by atoms with E-state index in [1.54, 1.807) is 0 Å². The minimum Gasteiger partial charge on any atom is -0.483 e. The van der Waals surface area contributed by atoms with Crippen molar-refractivity contribution in [1.82, 2.24) is 10.2 Å². The third-order valence-corrected chi connectivity index (χ3v) is 5.26. The van der Waals surface area contributed by atoms with Crippen LogP contribution in [0.5, 0.6) is 0 Å². The van der Waals surface area contributed by atoms with Crippen LogP contribution in [0.1, 0.15) is 79.6 Å². The van der Waals surface area contributed by atoms with Crippen LogP contribution >= 0.6 is 0 Å². The van der Waals surface area contributed by atoms with Gasteiger partial charge in [0, 0.05) is 12.6 Å². The van der Waals surface area contributed by atoms with Gasteiger partial charge in [-0.15, -0.1) is 0 Å². The fourth-order valence-corrected chi connectivity index (χ4v) is 4.10. The highest BCUT2D eigenvalue weighted by atomic mass is 16.5. The SMILES string of the molecule is CC.CCCC(N[C@@H](C)C(=O)N1CCC2CCCCC21)C(=O)OCC.O=CO. The molecule has 28 heavy (non-hydrogen) atoms. The van der Waals surface area contributed by atoms with Gasteiger partial charge in [0.1, 0.15) is 6.04 Å². The Morgan fingerprint density at radius 1 is 1.21 bits per heavy atom. The van der Waals surface area contributed by atoms with Gasteiger partial charge in [-0.25, -0.2) is 0 Å². The summed E-state index contributed by atoms with van der Waals surface area (Å²) in [6.07, 6.45) is 7.65. The molecule has 1 amide bonds. The Kier molecular flexibility index (Phi) is 14.4. The molecular formula is C21H40N2O5. The van der Waals surface area contributed by atoms with Gasteiger partial charge in [0.15, 0.2) is 0 Å². The number of esters is 1. The van der Waals surface area contributed by atoms with Gasteiger partial charge in [0.05, 0.1) is 12.6 Å². The van der Waals surface area contributed by atoms with Gasteiger partial charge < -0.3 is 14.7 Å². The average Bonchev–Trinajstić information content (AvgIpc) is 3.13. The summed E-state index contributed by atoms with van der Waals surface area (Å²) in [4.78, 5) is 35.3. The van der Waals surface area contributed by atoms with Crippen LogP contribution in [0.25, 0.3) is 0 Å². The largest absolute Gasteiger partial charge is 0.483 e. The zero-order chi connectivity index (χ0) is 21.5. The first-order valence-corrected chi connectivity index (χ1v) is 10.8. The summed E-state index contributed by atoms with van der Waals surface area (Å²) in [6, 6.07) is -0.298. The second-order valence-corrected chi connectivity index (χ2v) is 7.02. The Bertz CT molecular complexity index is 458. The molecule has 0 aromatic carbocycles. The van der Waals surface area contributed by atoms with Gasteiger partial charge in [0.2, 0.25) is 5.91 Å². The van der Waals surface area contributed by atoms with Gasteiger partial charge in [-0.3, -0.25) is 19.7 Å². The number of ether oxygens (including phenoxy) is 1. The summed E-state index contributed by atoms with van der Waals surface area (Å²) in [5.74, 6) is 0.590. The molecular weight excluding hydrogens is 360 g/mol. The average molecular weight is 401 g/mol. The van der Waals surface area contributed by atoms with E-state index in [2.05, 4.69) is 10.2 Å². The number of nitrogens with zero attached hydrogens (tertiary/aromatic N) is 1. The lowest BCUT2D eigenvalue weighted by molar-refractivity contribution is -0.146. The third kappa shape index (κ3) is 8.17. The minimum atomic E-state index is -0.386. The van der Waals surface area contributed by atoms with E-state index in [-0.39, 0.29) is 30.4 Å². The van der Waals surface area contributed by atoms with Crippen LogP contribution in [0, 0.1) is 5.92 Å². The number of fused-ring (bicyclic) bond motifs is 1. The minimum absolute atomic E-state index is 0.143. The topological polar surface area (TPSA) is 95.9 Å². The lowest BCUT2D eigenvalue weighted by atomic mass is 9.85. The Hall–Kier alpha value is -1.63. The molecule has 0 radical (unpaired) electrons. The second-order valence-electron chi connectivity index (χ2n) is 7.02. The predicted octanol–water partition coefficient (Wildman–Crippen LogP) is 3.21. The van der Waals surface area contributed by atoms with Crippen molar-refractivity contribution in [1.29, 1.82) is 0 Å². The molecule has 2 N–H and O–H groups in total. The number of carbonyl (C=O) groups is 3. The van der Waals surface area contributed by atoms with Crippen molar-refractivity contribution in [2.24, 2.45) is 5.92 Å². The first-order valence-electron chi connectivity index (χ1n) is 10.8. The maximum atomic E-state index is 12.8. The van der Waals surface area contributed by atoms with Crippen LogP contribution < -0.4 is 5.32 Å². The smallest absolute Gasteiger partial charge is 0.323 e. The van der Waals surface area contributed by atoms with Crippen molar-refractivity contribution in [3.05, 3.63) is 0 Å². The molecule has 1 heterocycles. The van der Waals surface area contributed by atoms with Crippen molar-refractivity contribution < 1.29 is 24.2 Å². The van der Waals surface area contributed by atoms with E-state index in [0.29, 0.717) is 25.0 Å². The Morgan fingerprint density at radius 3 is 2.39 bits per heavy atom. The molecule has 1 aliphatic heterocycles. The molecule has 2 fully saturated rings. The van der Waals surface area contributed by atoms with E-state index < -0.39 is 0 Å². The number of hydrogen-bond acceptors (Lipinski definition) is 5. The number of carboxylic acid groups (broad SMARTS) is 1. The summed E-state index contributed by atoms with van der Waals surface area (Å²) >= 11 is 0. The number of carbonyl (C=O) groups excluding carboxylic acids is 2. The van der Waals surface area contributed by atoms with Gasteiger partial charge in [0.25, 0.3) is 6.47 Å². The van der Waals surface area contributed by atoms with Gasteiger partial charge in [-0.2, -0.15) is 0 Å². The highest BCUT2D eigenvalue weighted by molar-refractivity contribution is 5.83. The predicted molar refractivity (Wildman–Crippen MR) is 110 cm³/mol. The number of hydrogen-bond donors (Lipinski definition) is 2. The molecule has 0 bridgehead atoms. The van der Waals surface area contributed by atoms with Gasteiger partial charge in [-0.05, 0) is 45.4 Å². The van der Waals surface area contributed by atoms with E-state index in [0.717, 1.165) is 25.8 Å². The third-order valence-electron chi connectivity index (χ3n) is 5.26. The highest BCUT2D eigenvalue weighted by Gasteiger charge is 2.39. The summed E-state index contributed by atoms with van der Waals surface area (Å²) in [5.41, 5.74) is 0. The van der Waals surface area contributed by atoms with E-state index in [4.69, 9.17) is 14.6 Å². The molecule has 2 aliphatic rings. The first kappa shape index (κ1) is 26.4. The lowest BCUT2D eigenvalue weighted by Crippen LogP contribution is -2.52. The molecule has 1 saturated heterocycles. The number of nitrogens with one attached hydrogen (secondary N) is 1. The van der Waals surface area contributed by atoms with Crippen LogP contribution in [-0.4, -0.2) is 59.6 Å². The molecule has 164 valence electrons. The second kappa shape index (κ2) is 15.3.